The maximum atomic E-state index is 11.0. The van der Waals surface area contributed by atoms with E-state index >= 15 is 0 Å². The molecule has 0 unspecified atom stereocenters. The van der Waals surface area contributed by atoms with Crippen LogP contribution in [0.25, 0.3) is 0 Å². The monoisotopic (exact) mass is 308 g/mol. The summed E-state index contributed by atoms with van der Waals surface area (Å²) in [6.45, 7) is 5.69. The summed E-state index contributed by atoms with van der Waals surface area (Å²) >= 11 is 5.98. The van der Waals surface area contributed by atoms with Crippen LogP contribution in [0.1, 0.15) is 48.2 Å². The van der Waals surface area contributed by atoms with Gasteiger partial charge in [-0.05, 0) is 45.6 Å². The number of hydrogen-bond donors (Lipinski definition) is 2. The maximum absolute atomic E-state index is 11.0. The van der Waals surface area contributed by atoms with Crippen LogP contribution in [0.2, 0.25) is 5.02 Å². The molecule has 0 heterocycles. The molecule has 0 spiro atoms. The molecule has 0 bridgehead atoms. The van der Waals surface area contributed by atoms with Crippen molar-refractivity contribution in [2.45, 2.75) is 40.0 Å². The number of aromatic hydroxyl groups is 2. The van der Waals surface area contributed by atoms with Crippen molar-refractivity contribution in [3.05, 3.63) is 45.5 Å². The number of unbranched alkanes of at least 4 members (excludes halogenated alkanes) is 1. The first-order valence-corrected chi connectivity index (χ1v) is 7.24. The van der Waals surface area contributed by atoms with Gasteiger partial charge in [0.25, 0.3) is 0 Å². The summed E-state index contributed by atoms with van der Waals surface area (Å²) in [6.07, 6.45) is 8.69. The number of halogens is 1. The summed E-state index contributed by atoms with van der Waals surface area (Å²) < 4.78 is 0. The van der Waals surface area contributed by atoms with Gasteiger partial charge in [0.2, 0.25) is 0 Å². The zero-order valence-corrected chi connectivity index (χ0v) is 13.4. The Labute approximate surface area is 130 Å². The van der Waals surface area contributed by atoms with Crippen molar-refractivity contribution in [2.24, 2.45) is 0 Å². The highest BCUT2D eigenvalue weighted by Gasteiger charge is 2.18. The fourth-order valence-corrected chi connectivity index (χ4v) is 2.22. The van der Waals surface area contributed by atoms with Crippen molar-refractivity contribution < 1.29 is 15.0 Å². The van der Waals surface area contributed by atoms with E-state index in [0.29, 0.717) is 18.3 Å². The van der Waals surface area contributed by atoms with Crippen LogP contribution in [0.4, 0.5) is 0 Å². The topological polar surface area (TPSA) is 57.5 Å². The van der Waals surface area contributed by atoms with Crippen LogP contribution in [0.15, 0.2) is 23.8 Å². The molecule has 2 N–H and O–H groups in total. The first-order chi connectivity index (χ1) is 9.90. The molecule has 3 nitrogen and oxygen atoms in total. The van der Waals surface area contributed by atoms with Gasteiger partial charge >= 0.3 is 0 Å². The van der Waals surface area contributed by atoms with Crippen molar-refractivity contribution >= 4 is 17.9 Å². The van der Waals surface area contributed by atoms with Crippen LogP contribution in [0, 0.1) is 6.92 Å². The van der Waals surface area contributed by atoms with Gasteiger partial charge in [0, 0.05) is 5.56 Å². The molecule has 0 amide bonds. The Morgan fingerprint density at radius 1 is 1.14 bits per heavy atom. The summed E-state index contributed by atoms with van der Waals surface area (Å²) in [6, 6.07) is 0. The predicted octanol–water partition coefficient (Wildman–Crippen LogP) is 4.72. The lowest BCUT2D eigenvalue weighted by Crippen LogP contribution is -1.95. The minimum absolute atomic E-state index is 0.114. The molecule has 0 aliphatic heterocycles. The van der Waals surface area contributed by atoms with Crippen LogP contribution in [0.5, 0.6) is 11.5 Å². The molecule has 0 aliphatic carbocycles. The van der Waals surface area contributed by atoms with Crippen LogP contribution in [0.3, 0.4) is 0 Å². The second-order valence-electron chi connectivity index (χ2n) is 5.18. The second kappa shape index (κ2) is 7.89. The van der Waals surface area contributed by atoms with Crippen LogP contribution < -0.4 is 0 Å². The Balaban J connectivity index is 2.89. The molecule has 21 heavy (non-hydrogen) atoms. The molecule has 0 saturated carbocycles. The number of carbonyl (C=O) groups excluding carboxylic acids is 1. The molecule has 0 saturated heterocycles. The van der Waals surface area contributed by atoms with E-state index in [1.807, 2.05) is 12.2 Å². The van der Waals surface area contributed by atoms with Gasteiger partial charge in [-0.2, -0.15) is 0 Å². The van der Waals surface area contributed by atoms with E-state index in [1.54, 1.807) is 6.92 Å². The lowest BCUT2D eigenvalue weighted by molar-refractivity contribution is 0.112. The number of carbonyl (C=O) groups is 1. The second-order valence-corrected chi connectivity index (χ2v) is 5.56. The number of phenolic OH excluding ortho intramolecular Hbond substituents is 2. The quantitative estimate of drug-likeness (QED) is 0.454. The highest BCUT2D eigenvalue weighted by Crippen LogP contribution is 2.40. The Kier molecular flexibility index (Phi) is 6.50. The Hall–Kier alpha value is -1.74. The minimum Gasteiger partial charge on any atom is -0.507 e. The number of phenols is 2. The molecule has 0 aliphatic rings. The van der Waals surface area contributed by atoms with Gasteiger partial charge in [-0.3, -0.25) is 4.79 Å². The standard InChI is InChI=1S/C17H21ClO3/c1-11(2)8-6-4-5-7-9-13-16(20)14(10-19)12(3)15(18)17(13)21/h5,7-8,10,20-21H,4,6,9H2,1-3H3. The van der Waals surface area contributed by atoms with Crippen molar-refractivity contribution in [2.75, 3.05) is 0 Å². The van der Waals surface area contributed by atoms with E-state index in [4.69, 9.17) is 11.6 Å². The van der Waals surface area contributed by atoms with E-state index in [9.17, 15) is 15.0 Å². The van der Waals surface area contributed by atoms with E-state index < -0.39 is 0 Å². The summed E-state index contributed by atoms with van der Waals surface area (Å²) in [5, 5.41) is 20.2. The summed E-state index contributed by atoms with van der Waals surface area (Å²) in [7, 11) is 0. The molecule has 0 aromatic heterocycles. The fraction of sp³-hybridized carbons (Fsp3) is 0.353. The maximum Gasteiger partial charge on any atom is 0.154 e. The zero-order chi connectivity index (χ0) is 16.0. The normalized spacial score (nSPS) is 10.9. The molecule has 1 aromatic carbocycles. The Bertz CT molecular complexity index is 582. The third kappa shape index (κ3) is 4.36. The van der Waals surface area contributed by atoms with Gasteiger partial charge in [-0.1, -0.05) is 35.4 Å². The molecule has 0 fully saturated rings. The number of aldehydes is 1. The van der Waals surface area contributed by atoms with Crippen molar-refractivity contribution in [3.8, 4) is 11.5 Å². The highest BCUT2D eigenvalue weighted by atomic mass is 35.5. The molecule has 4 heteroatoms. The van der Waals surface area contributed by atoms with Crippen LogP contribution in [-0.2, 0) is 6.42 Å². The first kappa shape index (κ1) is 17.3. The molecule has 1 rings (SSSR count). The minimum atomic E-state index is -0.196. The van der Waals surface area contributed by atoms with Crippen molar-refractivity contribution in [1.82, 2.24) is 0 Å². The van der Waals surface area contributed by atoms with E-state index in [1.165, 1.54) is 5.57 Å². The van der Waals surface area contributed by atoms with Crippen LogP contribution in [-0.4, -0.2) is 16.5 Å². The lowest BCUT2D eigenvalue weighted by Gasteiger charge is -2.12. The van der Waals surface area contributed by atoms with E-state index in [-0.39, 0.29) is 27.6 Å². The van der Waals surface area contributed by atoms with Crippen molar-refractivity contribution in [1.29, 1.82) is 0 Å². The number of rotatable bonds is 6. The summed E-state index contributed by atoms with van der Waals surface area (Å²) in [5.74, 6) is -0.357. The molecule has 0 atom stereocenters. The van der Waals surface area contributed by atoms with Crippen molar-refractivity contribution in [3.63, 3.8) is 0 Å². The zero-order valence-electron chi connectivity index (χ0n) is 12.6. The summed E-state index contributed by atoms with van der Waals surface area (Å²) in [5.41, 5.74) is 2.08. The van der Waals surface area contributed by atoms with Crippen LogP contribution >= 0.6 is 11.6 Å². The third-order valence-corrected chi connectivity index (χ3v) is 3.72. The SMILES string of the molecule is CC(C)=CCCC=CCc1c(O)c(Cl)c(C)c(C=O)c1O. The smallest absolute Gasteiger partial charge is 0.154 e. The van der Waals surface area contributed by atoms with E-state index in [0.717, 1.165) is 12.8 Å². The van der Waals surface area contributed by atoms with Gasteiger partial charge in [0.1, 0.15) is 11.5 Å². The number of benzene rings is 1. The van der Waals surface area contributed by atoms with E-state index in [2.05, 4.69) is 19.9 Å². The first-order valence-electron chi connectivity index (χ1n) is 6.86. The Morgan fingerprint density at radius 3 is 2.38 bits per heavy atom. The largest absolute Gasteiger partial charge is 0.507 e. The van der Waals surface area contributed by atoms with Gasteiger partial charge in [-0.25, -0.2) is 0 Å². The van der Waals surface area contributed by atoms with Gasteiger partial charge in [0.15, 0.2) is 6.29 Å². The van der Waals surface area contributed by atoms with Gasteiger partial charge < -0.3 is 10.2 Å². The molecule has 1 aromatic rings. The Morgan fingerprint density at radius 2 is 1.81 bits per heavy atom. The predicted molar refractivity (Wildman–Crippen MR) is 86.4 cm³/mol. The molecular formula is C17H21ClO3. The summed E-state index contributed by atoms with van der Waals surface area (Å²) in [4.78, 5) is 11.0. The van der Waals surface area contributed by atoms with Gasteiger partial charge in [0.05, 0.1) is 10.6 Å². The highest BCUT2D eigenvalue weighted by molar-refractivity contribution is 6.33. The molecular weight excluding hydrogens is 288 g/mol. The molecule has 0 radical (unpaired) electrons. The number of allylic oxidation sites excluding steroid dienone is 4. The van der Waals surface area contributed by atoms with Gasteiger partial charge in [-0.15, -0.1) is 0 Å². The average molecular weight is 309 g/mol. The fourth-order valence-electron chi connectivity index (χ4n) is 2.01. The third-order valence-electron chi connectivity index (χ3n) is 3.26. The average Bonchev–Trinajstić information content (AvgIpc) is 2.43. The number of hydrogen-bond acceptors (Lipinski definition) is 3. The lowest BCUT2D eigenvalue weighted by atomic mass is 10.00. The molecule has 114 valence electrons.